The van der Waals surface area contributed by atoms with Gasteiger partial charge < -0.3 is 0 Å². The standard InChI is InChI=1S/C9H11NO/c1-2-3-8-6-10-5-4-9(8)7-11/h4-7H,2-3H2,1H3. The Kier molecular flexibility index (Phi) is 2.78. The maximum Gasteiger partial charge on any atom is 0.150 e. The highest BCUT2D eigenvalue weighted by molar-refractivity contribution is 5.76. The van der Waals surface area contributed by atoms with Crippen LogP contribution in [0.15, 0.2) is 18.5 Å². The van der Waals surface area contributed by atoms with Crippen LogP contribution >= 0.6 is 0 Å². The molecule has 0 saturated heterocycles. The molecule has 2 heteroatoms. The molecular formula is C9H11NO. The fraction of sp³-hybridized carbons (Fsp3) is 0.333. The molecule has 1 rings (SSSR count). The zero-order valence-corrected chi connectivity index (χ0v) is 6.58. The van der Waals surface area contributed by atoms with Gasteiger partial charge in [-0.25, -0.2) is 0 Å². The number of aromatic nitrogens is 1. The molecule has 0 aliphatic rings. The van der Waals surface area contributed by atoms with Gasteiger partial charge in [-0.2, -0.15) is 0 Å². The molecule has 0 saturated carbocycles. The number of hydrogen-bond acceptors (Lipinski definition) is 2. The van der Waals surface area contributed by atoms with E-state index in [1.165, 1.54) is 0 Å². The lowest BCUT2D eigenvalue weighted by molar-refractivity contribution is 0.112. The summed E-state index contributed by atoms with van der Waals surface area (Å²) in [4.78, 5) is 14.4. The van der Waals surface area contributed by atoms with Crippen molar-refractivity contribution in [3.8, 4) is 0 Å². The first-order valence-corrected chi connectivity index (χ1v) is 3.76. The van der Waals surface area contributed by atoms with Crippen LogP contribution in [0.1, 0.15) is 29.3 Å². The van der Waals surface area contributed by atoms with Crippen molar-refractivity contribution in [2.75, 3.05) is 0 Å². The number of nitrogens with zero attached hydrogens (tertiary/aromatic N) is 1. The molecule has 0 fully saturated rings. The Balaban J connectivity index is 2.92. The van der Waals surface area contributed by atoms with Gasteiger partial charge in [0.05, 0.1) is 0 Å². The zero-order valence-electron chi connectivity index (χ0n) is 6.58. The Morgan fingerprint density at radius 2 is 2.45 bits per heavy atom. The average Bonchev–Trinajstić information content (AvgIpc) is 2.06. The predicted octanol–water partition coefficient (Wildman–Crippen LogP) is 1.85. The summed E-state index contributed by atoms with van der Waals surface area (Å²) in [6.45, 7) is 2.08. The van der Waals surface area contributed by atoms with Gasteiger partial charge in [-0.3, -0.25) is 9.78 Å². The fourth-order valence-electron chi connectivity index (χ4n) is 1.03. The summed E-state index contributed by atoms with van der Waals surface area (Å²) in [6.07, 6.45) is 6.26. The molecule has 0 spiro atoms. The van der Waals surface area contributed by atoms with Crippen molar-refractivity contribution in [3.05, 3.63) is 29.6 Å². The molecule has 0 radical (unpaired) electrons. The largest absolute Gasteiger partial charge is 0.298 e. The van der Waals surface area contributed by atoms with Crippen molar-refractivity contribution in [2.24, 2.45) is 0 Å². The normalized spacial score (nSPS) is 9.55. The molecule has 1 aromatic rings. The van der Waals surface area contributed by atoms with Crippen LogP contribution in [0.4, 0.5) is 0 Å². The predicted molar refractivity (Wildman–Crippen MR) is 43.6 cm³/mol. The molecule has 58 valence electrons. The number of rotatable bonds is 3. The monoisotopic (exact) mass is 149 g/mol. The van der Waals surface area contributed by atoms with Gasteiger partial charge in [0, 0.05) is 18.0 Å². The van der Waals surface area contributed by atoms with Gasteiger partial charge in [0.1, 0.15) is 6.29 Å². The smallest absolute Gasteiger partial charge is 0.150 e. The maximum absolute atomic E-state index is 10.5. The molecule has 11 heavy (non-hydrogen) atoms. The second-order valence-electron chi connectivity index (χ2n) is 2.44. The Morgan fingerprint density at radius 3 is 3.09 bits per heavy atom. The number of carbonyl (C=O) groups is 1. The first-order valence-electron chi connectivity index (χ1n) is 3.76. The second-order valence-corrected chi connectivity index (χ2v) is 2.44. The van der Waals surface area contributed by atoms with Crippen molar-refractivity contribution in [3.63, 3.8) is 0 Å². The summed E-state index contributed by atoms with van der Waals surface area (Å²) >= 11 is 0. The van der Waals surface area contributed by atoms with E-state index in [2.05, 4.69) is 11.9 Å². The number of pyridine rings is 1. The van der Waals surface area contributed by atoms with Crippen molar-refractivity contribution in [1.82, 2.24) is 4.98 Å². The van der Waals surface area contributed by atoms with Crippen LogP contribution in [-0.4, -0.2) is 11.3 Å². The van der Waals surface area contributed by atoms with Gasteiger partial charge in [-0.05, 0) is 18.1 Å². The summed E-state index contributed by atoms with van der Waals surface area (Å²) in [5, 5.41) is 0. The molecule has 1 heterocycles. The Morgan fingerprint density at radius 1 is 1.64 bits per heavy atom. The van der Waals surface area contributed by atoms with Crippen molar-refractivity contribution >= 4 is 6.29 Å². The molecule has 0 unspecified atom stereocenters. The number of aldehydes is 1. The lowest BCUT2D eigenvalue weighted by Crippen LogP contribution is -1.92. The third-order valence-corrected chi connectivity index (χ3v) is 1.59. The molecule has 2 nitrogen and oxygen atoms in total. The van der Waals surface area contributed by atoms with E-state index in [0.29, 0.717) is 0 Å². The average molecular weight is 149 g/mol. The minimum Gasteiger partial charge on any atom is -0.298 e. The number of aryl methyl sites for hydroxylation is 1. The van der Waals surface area contributed by atoms with Gasteiger partial charge in [0.15, 0.2) is 0 Å². The Bertz CT molecular complexity index is 245. The highest BCUT2D eigenvalue weighted by atomic mass is 16.1. The Hall–Kier alpha value is -1.18. The van der Waals surface area contributed by atoms with Gasteiger partial charge in [-0.15, -0.1) is 0 Å². The van der Waals surface area contributed by atoms with E-state index in [1.807, 2.05) is 0 Å². The molecule has 0 aromatic carbocycles. The molecule has 0 aliphatic carbocycles. The van der Waals surface area contributed by atoms with Crippen molar-refractivity contribution < 1.29 is 4.79 Å². The van der Waals surface area contributed by atoms with E-state index in [0.717, 1.165) is 30.3 Å². The molecule has 0 N–H and O–H groups in total. The summed E-state index contributed by atoms with van der Waals surface area (Å²) < 4.78 is 0. The van der Waals surface area contributed by atoms with Gasteiger partial charge >= 0.3 is 0 Å². The zero-order chi connectivity index (χ0) is 8.10. The number of hydrogen-bond donors (Lipinski definition) is 0. The maximum atomic E-state index is 10.5. The quantitative estimate of drug-likeness (QED) is 0.614. The van der Waals surface area contributed by atoms with E-state index in [-0.39, 0.29) is 0 Å². The molecule has 0 atom stereocenters. The fourth-order valence-corrected chi connectivity index (χ4v) is 1.03. The lowest BCUT2D eigenvalue weighted by atomic mass is 10.1. The minimum absolute atomic E-state index is 0.766. The van der Waals surface area contributed by atoms with E-state index >= 15 is 0 Å². The summed E-state index contributed by atoms with van der Waals surface area (Å²) in [5.41, 5.74) is 1.81. The first-order chi connectivity index (χ1) is 5.38. The van der Waals surface area contributed by atoms with Crippen molar-refractivity contribution in [2.45, 2.75) is 19.8 Å². The molecule has 0 bridgehead atoms. The van der Waals surface area contributed by atoms with Crippen LogP contribution in [0.5, 0.6) is 0 Å². The second kappa shape index (κ2) is 3.86. The van der Waals surface area contributed by atoms with Gasteiger partial charge in [-0.1, -0.05) is 13.3 Å². The van der Waals surface area contributed by atoms with Gasteiger partial charge in [0.25, 0.3) is 0 Å². The topological polar surface area (TPSA) is 30.0 Å². The first kappa shape index (κ1) is 7.92. The third kappa shape index (κ3) is 1.87. The molecule has 1 aromatic heterocycles. The molecular weight excluding hydrogens is 138 g/mol. The van der Waals surface area contributed by atoms with Crippen LogP contribution in [0.25, 0.3) is 0 Å². The highest BCUT2D eigenvalue weighted by Gasteiger charge is 1.97. The van der Waals surface area contributed by atoms with Crippen LogP contribution in [0.2, 0.25) is 0 Å². The summed E-state index contributed by atoms with van der Waals surface area (Å²) in [7, 11) is 0. The van der Waals surface area contributed by atoms with Crippen LogP contribution < -0.4 is 0 Å². The van der Waals surface area contributed by atoms with Crippen molar-refractivity contribution in [1.29, 1.82) is 0 Å². The van der Waals surface area contributed by atoms with E-state index in [4.69, 9.17) is 0 Å². The number of carbonyl (C=O) groups excluding carboxylic acids is 1. The highest BCUT2D eigenvalue weighted by Crippen LogP contribution is 2.05. The van der Waals surface area contributed by atoms with E-state index in [1.54, 1.807) is 18.5 Å². The summed E-state index contributed by atoms with van der Waals surface area (Å²) in [5.74, 6) is 0. The molecule has 0 amide bonds. The SMILES string of the molecule is CCCc1cnccc1C=O. The van der Waals surface area contributed by atoms with E-state index < -0.39 is 0 Å². The Labute approximate surface area is 66.3 Å². The lowest BCUT2D eigenvalue weighted by Gasteiger charge is -1.99. The van der Waals surface area contributed by atoms with Gasteiger partial charge in [0.2, 0.25) is 0 Å². The van der Waals surface area contributed by atoms with E-state index in [9.17, 15) is 4.79 Å². The van der Waals surface area contributed by atoms with Crippen LogP contribution in [0.3, 0.4) is 0 Å². The van der Waals surface area contributed by atoms with Crippen LogP contribution in [-0.2, 0) is 6.42 Å². The molecule has 0 aliphatic heterocycles. The minimum atomic E-state index is 0.766. The van der Waals surface area contributed by atoms with Crippen LogP contribution in [0, 0.1) is 0 Å². The third-order valence-electron chi connectivity index (χ3n) is 1.59. The summed E-state index contributed by atoms with van der Waals surface area (Å²) in [6, 6.07) is 1.75.